The molecule has 0 amide bonds. The molecule has 0 saturated carbocycles. The SMILES string of the molecule is Cc1ccc2c(C(=O)c3cccc4ccccc34)c(C)n(CCN3CCOCC3)c2c1. The first-order valence-electron chi connectivity index (χ1n) is 11.1. The minimum Gasteiger partial charge on any atom is -0.379 e. The molecule has 5 rings (SSSR count). The van der Waals surface area contributed by atoms with E-state index in [1.807, 2.05) is 30.3 Å². The van der Waals surface area contributed by atoms with Gasteiger partial charge in [-0.25, -0.2) is 0 Å². The first-order valence-corrected chi connectivity index (χ1v) is 11.1. The molecular weight excluding hydrogens is 384 g/mol. The standard InChI is InChI=1S/C27H28N2O2/c1-19-10-11-24-25(18-19)29(13-12-28-14-16-31-17-15-28)20(2)26(24)27(30)23-9-5-7-21-6-3-4-8-22(21)23/h3-11,18H,12-17H2,1-2H3. The Hall–Kier alpha value is -2.95. The Balaban J connectivity index is 1.60. The van der Waals surface area contributed by atoms with E-state index in [1.54, 1.807) is 0 Å². The second-order valence-electron chi connectivity index (χ2n) is 8.44. The van der Waals surface area contributed by atoms with Crippen molar-refractivity contribution in [1.29, 1.82) is 0 Å². The van der Waals surface area contributed by atoms with Crippen LogP contribution in [0.3, 0.4) is 0 Å². The summed E-state index contributed by atoms with van der Waals surface area (Å²) in [7, 11) is 0. The van der Waals surface area contributed by atoms with Gasteiger partial charge in [-0.3, -0.25) is 9.69 Å². The lowest BCUT2D eigenvalue weighted by molar-refractivity contribution is 0.0365. The molecule has 0 radical (unpaired) electrons. The minimum atomic E-state index is 0.105. The summed E-state index contributed by atoms with van der Waals surface area (Å²) in [4.78, 5) is 16.3. The van der Waals surface area contributed by atoms with E-state index in [9.17, 15) is 4.79 Å². The zero-order valence-electron chi connectivity index (χ0n) is 18.2. The molecule has 0 bridgehead atoms. The summed E-state index contributed by atoms with van der Waals surface area (Å²) >= 11 is 0. The number of carbonyl (C=O) groups excluding carboxylic acids is 1. The largest absolute Gasteiger partial charge is 0.379 e. The van der Waals surface area contributed by atoms with Crippen LogP contribution in [0.5, 0.6) is 0 Å². The lowest BCUT2D eigenvalue weighted by Gasteiger charge is -2.27. The Morgan fingerprint density at radius 3 is 2.52 bits per heavy atom. The van der Waals surface area contributed by atoms with Crippen molar-refractivity contribution in [2.45, 2.75) is 20.4 Å². The lowest BCUT2D eigenvalue weighted by atomic mass is 9.95. The van der Waals surface area contributed by atoms with E-state index >= 15 is 0 Å². The van der Waals surface area contributed by atoms with E-state index in [4.69, 9.17) is 4.74 Å². The van der Waals surface area contributed by atoms with E-state index in [-0.39, 0.29) is 5.78 Å². The Bertz CT molecular complexity index is 1260. The topological polar surface area (TPSA) is 34.5 Å². The Morgan fingerprint density at radius 2 is 1.68 bits per heavy atom. The van der Waals surface area contributed by atoms with Gasteiger partial charge < -0.3 is 9.30 Å². The van der Waals surface area contributed by atoms with Gasteiger partial charge in [-0.2, -0.15) is 0 Å². The summed E-state index contributed by atoms with van der Waals surface area (Å²) in [6.07, 6.45) is 0. The summed E-state index contributed by atoms with van der Waals surface area (Å²) in [6.45, 7) is 9.58. The van der Waals surface area contributed by atoms with E-state index in [1.165, 1.54) is 5.56 Å². The first kappa shape index (κ1) is 20.0. The van der Waals surface area contributed by atoms with E-state index in [0.717, 1.165) is 77.9 Å². The molecule has 0 aliphatic carbocycles. The van der Waals surface area contributed by atoms with Gasteiger partial charge in [-0.15, -0.1) is 0 Å². The third kappa shape index (κ3) is 3.67. The van der Waals surface area contributed by atoms with Gasteiger partial charge in [0.05, 0.1) is 18.8 Å². The normalized spacial score (nSPS) is 15.0. The maximum absolute atomic E-state index is 13.9. The van der Waals surface area contributed by atoms with Gasteiger partial charge in [-0.1, -0.05) is 54.6 Å². The highest BCUT2D eigenvalue weighted by Gasteiger charge is 2.23. The van der Waals surface area contributed by atoms with Crippen molar-refractivity contribution in [2.24, 2.45) is 0 Å². The van der Waals surface area contributed by atoms with Gasteiger partial charge >= 0.3 is 0 Å². The molecule has 1 fully saturated rings. The zero-order valence-corrected chi connectivity index (χ0v) is 18.2. The van der Waals surface area contributed by atoms with Crippen molar-refractivity contribution in [3.05, 3.63) is 83.0 Å². The molecule has 0 atom stereocenters. The fraction of sp³-hybridized carbons (Fsp3) is 0.296. The van der Waals surface area contributed by atoms with Crippen LogP contribution in [-0.2, 0) is 11.3 Å². The number of ether oxygens (including phenoxy) is 1. The maximum atomic E-state index is 13.9. The molecule has 4 aromatic rings. The van der Waals surface area contributed by atoms with Crippen LogP contribution < -0.4 is 0 Å². The molecule has 1 aliphatic rings. The van der Waals surface area contributed by atoms with Gasteiger partial charge in [0.15, 0.2) is 5.78 Å². The highest BCUT2D eigenvalue weighted by atomic mass is 16.5. The number of aryl methyl sites for hydroxylation is 1. The molecule has 3 aromatic carbocycles. The van der Waals surface area contributed by atoms with Crippen molar-refractivity contribution in [3.63, 3.8) is 0 Å². The van der Waals surface area contributed by atoms with Gasteiger partial charge in [-0.05, 0) is 36.2 Å². The van der Waals surface area contributed by atoms with Crippen molar-refractivity contribution in [3.8, 4) is 0 Å². The highest BCUT2D eigenvalue weighted by molar-refractivity contribution is 6.22. The van der Waals surface area contributed by atoms with Gasteiger partial charge in [0.1, 0.15) is 0 Å². The molecule has 0 N–H and O–H groups in total. The summed E-state index contributed by atoms with van der Waals surface area (Å²) in [5, 5.41) is 3.15. The van der Waals surface area contributed by atoms with Crippen molar-refractivity contribution in [1.82, 2.24) is 9.47 Å². The van der Waals surface area contributed by atoms with Crippen LogP contribution in [0.2, 0.25) is 0 Å². The Kier molecular flexibility index (Phi) is 5.34. The summed E-state index contributed by atoms with van der Waals surface area (Å²) < 4.78 is 7.82. The van der Waals surface area contributed by atoms with Crippen LogP contribution in [0.1, 0.15) is 27.2 Å². The maximum Gasteiger partial charge on any atom is 0.196 e. The summed E-state index contributed by atoms with van der Waals surface area (Å²) in [6, 6.07) is 20.5. The average Bonchev–Trinajstić information content (AvgIpc) is 3.07. The van der Waals surface area contributed by atoms with Crippen molar-refractivity contribution in [2.75, 3.05) is 32.8 Å². The molecule has 31 heavy (non-hydrogen) atoms. The molecule has 4 nitrogen and oxygen atoms in total. The Labute approximate surface area is 183 Å². The fourth-order valence-corrected chi connectivity index (χ4v) is 4.79. The quantitative estimate of drug-likeness (QED) is 0.434. The molecule has 0 unspecified atom stereocenters. The molecular formula is C27H28N2O2. The summed E-state index contributed by atoms with van der Waals surface area (Å²) in [5.41, 5.74) is 5.00. The number of aromatic nitrogens is 1. The average molecular weight is 413 g/mol. The number of nitrogens with zero attached hydrogens (tertiary/aromatic N) is 2. The van der Waals surface area contributed by atoms with E-state index < -0.39 is 0 Å². The van der Waals surface area contributed by atoms with Crippen LogP contribution >= 0.6 is 0 Å². The fourth-order valence-electron chi connectivity index (χ4n) is 4.79. The number of benzene rings is 3. The second-order valence-corrected chi connectivity index (χ2v) is 8.44. The number of morpholine rings is 1. The third-order valence-electron chi connectivity index (χ3n) is 6.48. The van der Waals surface area contributed by atoms with Crippen LogP contribution in [0, 0.1) is 13.8 Å². The molecule has 1 aromatic heterocycles. The van der Waals surface area contributed by atoms with Crippen molar-refractivity contribution >= 4 is 27.5 Å². The van der Waals surface area contributed by atoms with E-state index in [0.29, 0.717) is 0 Å². The highest BCUT2D eigenvalue weighted by Crippen LogP contribution is 2.31. The lowest BCUT2D eigenvalue weighted by Crippen LogP contribution is -2.38. The molecule has 1 aliphatic heterocycles. The number of hydrogen-bond acceptors (Lipinski definition) is 3. The molecule has 4 heteroatoms. The second kappa shape index (κ2) is 8.29. The van der Waals surface area contributed by atoms with Gasteiger partial charge in [0.2, 0.25) is 0 Å². The van der Waals surface area contributed by atoms with E-state index in [2.05, 4.69) is 53.6 Å². The third-order valence-corrected chi connectivity index (χ3v) is 6.48. The van der Waals surface area contributed by atoms with Crippen LogP contribution in [0.15, 0.2) is 60.7 Å². The van der Waals surface area contributed by atoms with Crippen LogP contribution in [0.25, 0.3) is 21.7 Å². The number of carbonyl (C=O) groups is 1. The Morgan fingerprint density at radius 1 is 0.903 bits per heavy atom. The van der Waals surface area contributed by atoms with Crippen LogP contribution in [0.4, 0.5) is 0 Å². The summed E-state index contributed by atoms with van der Waals surface area (Å²) in [5.74, 6) is 0.105. The number of hydrogen-bond donors (Lipinski definition) is 0. The molecule has 2 heterocycles. The smallest absolute Gasteiger partial charge is 0.196 e. The van der Waals surface area contributed by atoms with Crippen LogP contribution in [-0.4, -0.2) is 48.1 Å². The zero-order chi connectivity index (χ0) is 21.4. The van der Waals surface area contributed by atoms with Gasteiger partial charge in [0.25, 0.3) is 0 Å². The number of ketones is 1. The predicted octanol–water partition coefficient (Wildman–Crippen LogP) is 4.97. The number of fused-ring (bicyclic) bond motifs is 2. The van der Waals surface area contributed by atoms with Gasteiger partial charge in [0, 0.05) is 48.3 Å². The molecule has 1 saturated heterocycles. The minimum absolute atomic E-state index is 0.105. The van der Waals surface area contributed by atoms with Crippen molar-refractivity contribution < 1.29 is 9.53 Å². The molecule has 0 spiro atoms. The number of rotatable bonds is 5. The monoisotopic (exact) mass is 412 g/mol. The predicted molar refractivity (Wildman–Crippen MR) is 126 cm³/mol. The molecule has 158 valence electrons. The first-order chi connectivity index (χ1) is 15.1.